The first-order valence-corrected chi connectivity index (χ1v) is 6.04. The fourth-order valence-electron chi connectivity index (χ4n) is 1.87. The molecule has 0 saturated heterocycles. The van der Waals surface area contributed by atoms with Crippen molar-refractivity contribution in [3.05, 3.63) is 41.7 Å². The van der Waals surface area contributed by atoms with Gasteiger partial charge in [0.15, 0.2) is 5.60 Å². The van der Waals surface area contributed by atoms with Crippen LogP contribution in [0.3, 0.4) is 0 Å². The van der Waals surface area contributed by atoms with Crippen molar-refractivity contribution < 1.29 is 5.11 Å². The highest BCUT2D eigenvalue weighted by molar-refractivity contribution is 5.35. The lowest BCUT2D eigenvalue weighted by atomic mass is 9.97. The Kier molecular flexibility index (Phi) is 3.61. The number of aliphatic hydroxyl groups is 1. The van der Waals surface area contributed by atoms with Gasteiger partial charge in [-0.15, -0.1) is 0 Å². The molecular weight excluding hydrogens is 210 g/mol. The van der Waals surface area contributed by atoms with Crippen molar-refractivity contribution in [1.29, 1.82) is 0 Å². The summed E-state index contributed by atoms with van der Waals surface area (Å²) in [6, 6.07) is 5.49. The maximum atomic E-state index is 10.3. The molecule has 88 valence electrons. The number of hydrogen-bond acceptors (Lipinski definition) is 2. The van der Waals surface area contributed by atoms with Gasteiger partial charge >= 0.3 is 0 Å². The first kappa shape index (κ1) is 11.9. The van der Waals surface area contributed by atoms with Gasteiger partial charge < -0.3 is 5.11 Å². The summed E-state index contributed by atoms with van der Waals surface area (Å²) in [6.45, 7) is 1.69. The predicted molar refractivity (Wildman–Crippen MR) is 68.1 cm³/mol. The van der Waals surface area contributed by atoms with Crippen molar-refractivity contribution in [3.63, 3.8) is 0 Å². The Balaban J connectivity index is 2.17. The third-order valence-corrected chi connectivity index (χ3v) is 2.92. The number of nitrogens with zero attached hydrogens (tertiary/aromatic N) is 1. The molecule has 2 nitrogen and oxygen atoms in total. The van der Waals surface area contributed by atoms with E-state index in [1.54, 1.807) is 19.2 Å². The van der Waals surface area contributed by atoms with Crippen LogP contribution in [0.1, 0.15) is 38.3 Å². The Morgan fingerprint density at radius 2 is 2.24 bits per heavy atom. The van der Waals surface area contributed by atoms with Crippen LogP contribution in [0.5, 0.6) is 0 Å². The Labute approximate surface area is 102 Å². The zero-order valence-corrected chi connectivity index (χ0v) is 10.1. The largest absolute Gasteiger partial charge is 0.372 e. The SMILES string of the molecule is CC(O)(C#CC1=CCCCC1)c1ccccn1. The molecule has 2 rings (SSSR count). The van der Waals surface area contributed by atoms with Crippen molar-refractivity contribution in [1.82, 2.24) is 4.98 Å². The van der Waals surface area contributed by atoms with Crippen molar-refractivity contribution in [3.8, 4) is 11.8 Å². The lowest BCUT2D eigenvalue weighted by molar-refractivity contribution is 0.117. The molecule has 1 unspecified atom stereocenters. The summed E-state index contributed by atoms with van der Waals surface area (Å²) < 4.78 is 0. The quantitative estimate of drug-likeness (QED) is 0.748. The van der Waals surface area contributed by atoms with Crippen LogP contribution in [0.4, 0.5) is 0 Å². The highest BCUT2D eigenvalue weighted by Gasteiger charge is 2.21. The molecule has 0 amide bonds. The molecule has 1 aliphatic carbocycles. The lowest BCUT2D eigenvalue weighted by Crippen LogP contribution is -2.20. The summed E-state index contributed by atoms with van der Waals surface area (Å²) in [5, 5.41) is 10.3. The summed E-state index contributed by atoms with van der Waals surface area (Å²) in [5.74, 6) is 6.00. The highest BCUT2D eigenvalue weighted by Crippen LogP contribution is 2.19. The average molecular weight is 227 g/mol. The minimum absolute atomic E-state index is 0.601. The van der Waals surface area contributed by atoms with Gasteiger partial charge in [0.1, 0.15) is 0 Å². The summed E-state index contributed by atoms with van der Waals surface area (Å²) in [4.78, 5) is 4.14. The number of hydrogen-bond donors (Lipinski definition) is 1. The van der Waals surface area contributed by atoms with Crippen LogP contribution in [0.25, 0.3) is 0 Å². The molecule has 0 spiro atoms. The second kappa shape index (κ2) is 5.16. The predicted octanol–water partition coefficient (Wildman–Crippen LogP) is 2.79. The maximum absolute atomic E-state index is 10.3. The van der Waals surface area contributed by atoms with E-state index in [1.807, 2.05) is 12.1 Å². The summed E-state index contributed by atoms with van der Waals surface area (Å²) in [5.41, 5.74) is 0.580. The molecule has 0 fully saturated rings. The van der Waals surface area contributed by atoms with E-state index in [1.165, 1.54) is 12.8 Å². The molecule has 17 heavy (non-hydrogen) atoms. The van der Waals surface area contributed by atoms with Crippen molar-refractivity contribution in [2.24, 2.45) is 0 Å². The van der Waals surface area contributed by atoms with Gasteiger partial charge in [-0.3, -0.25) is 4.98 Å². The zero-order valence-electron chi connectivity index (χ0n) is 10.1. The van der Waals surface area contributed by atoms with Crippen LogP contribution >= 0.6 is 0 Å². The molecule has 0 aliphatic heterocycles. The van der Waals surface area contributed by atoms with E-state index in [2.05, 4.69) is 22.9 Å². The van der Waals surface area contributed by atoms with Crippen LogP contribution in [-0.2, 0) is 5.60 Å². The molecule has 1 heterocycles. The minimum Gasteiger partial charge on any atom is -0.372 e. The number of rotatable bonds is 1. The van der Waals surface area contributed by atoms with E-state index < -0.39 is 5.60 Å². The molecule has 0 aromatic carbocycles. The monoisotopic (exact) mass is 227 g/mol. The van der Waals surface area contributed by atoms with Crippen molar-refractivity contribution in [2.75, 3.05) is 0 Å². The topological polar surface area (TPSA) is 33.1 Å². The Morgan fingerprint density at radius 3 is 2.88 bits per heavy atom. The summed E-state index contributed by atoms with van der Waals surface area (Å²) in [7, 11) is 0. The van der Waals surface area contributed by atoms with E-state index >= 15 is 0 Å². The lowest BCUT2D eigenvalue weighted by Gasteiger charge is -2.15. The molecule has 1 aromatic heterocycles. The molecule has 1 atom stereocenters. The smallest absolute Gasteiger partial charge is 0.165 e. The molecule has 1 aliphatic rings. The number of pyridine rings is 1. The van der Waals surface area contributed by atoms with Crippen LogP contribution in [0.2, 0.25) is 0 Å². The van der Waals surface area contributed by atoms with E-state index in [-0.39, 0.29) is 0 Å². The normalized spacial score (nSPS) is 18.6. The molecule has 0 radical (unpaired) electrons. The average Bonchev–Trinajstić information content (AvgIpc) is 2.39. The fraction of sp³-hybridized carbons (Fsp3) is 0.400. The van der Waals surface area contributed by atoms with E-state index in [0.717, 1.165) is 18.4 Å². The first-order valence-electron chi connectivity index (χ1n) is 6.04. The Bertz CT molecular complexity index is 463. The van der Waals surface area contributed by atoms with Crippen molar-refractivity contribution >= 4 is 0 Å². The number of aromatic nitrogens is 1. The summed E-state index contributed by atoms with van der Waals surface area (Å²) >= 11 is 0. The molecule has 1 aromatic rings. The maximum Gasteiger partial charge on any atom is 0.165 e. The van der Waals surface area contributed by atoms with Gasteiger partial charge in [0.25, 0.3) is 0 Å². The van der Waals surface area contributed by atoms with Crippen LogP contribution < -0.4 is 0 Å². The van der Waals surface area contributed by atoms with Gasteiger partial charge in [-0.2, -0.15) is 0 Å². The van der Waals surface area contributed by atoms with Gasteiger partial charge in [0.05, 0.1) is 5.69 Å². The van der Waals surface area contributed by atoms with Gasteiger partial charge in [-0.1, -0.05) is 24.0 Å². The van der Waals surface area contributed by atoms with Gasteiger partial charge in [0.2, 0.25) is 0 Å². The zero-order chi connectivity index (χ0) is 12.1. The first-order chi connectivity index (χ1) is 8.18. The second-order valence-corrected chi connectivity index (χ2v) is 4.51. The van der Waals surface area contributed by atoms with Crippen LogP contribution in [0.15, 0.2) is 36.0 Å². The molecule has 1 N–H and O–H groups in total. The molecule has 2 heteroatoms. The highest BCUT2D eigenvalue weighted by atomic mass is 16.3. The molecule has 0 bridgehead atoms. The summed E-state index contributed by atoms with van der Waals surface area (Å²) in [6.07, 6.45) is 8.44. The van der Waals surface area contributed by atoms with Crippen LogP contribution in [-0.4, -0.2) is 10.1 Å². The molecular formula is C15H17NO. The fourth-order valence-corrected chi connectivity index (χ4v) is 1.87. The second-order valence-electron chi connectivity index (χ2n) is 4.51. The third-order valence-electron chi connectivity index (χ3n) is 2.92. The molecule has 0 saturated carbocycles. The van der Waals surface area contributed by atoms with Gasteiger partial charge in [0, 0.05) is 6.20 Å². The van der Waals surface area contributed by atoms with E-state index in [9.17, 15) is 5.11 Å². The Morgan fingerprint density at radius 1 is 1.35 bits per heavy atom. The van der Waals surface area contributed by atoms with Gasteiger partial charge in [-0.25, -0.2) is 0 Å². The third kappa shape index (κ3) is 3.18. The number of allylic oxidation sites excluding steroid dienone is 2. The van der Waals surface area contributed by atoms with E-state index in [4.69, 9.17) is 0 Å². The van der Waals surface area contributed by atoms with Gasteiger partial charge in [-0.05, 0) is 50.3 Å². The van der Waals surface area contributed by atoms with Crippen LogP contribution in [0, 0.1) is 11.8 Å². The Hall–Kier alpha value is -1.59. The minimum atomic E-state index is -1.17. The van der Waals surface area contributed by atoms with Crippen molar-refractivity contribution in [2.45, 2.75) is 38.2 Å². The standard InChI is InChI=1S/C15H17NO/c1-15(17,14-9-5-6-12-16-14)11-10-13-7-3-2-4-8-13/h5-7,9,12,17H,2-4,8H2,1H3. The van der Waals surface area contributed by atoms with E-state index in [0.29, 0.717) is 5.69 Å².